The average Bonchev–Trinajstić information content (AvgIpc) is 2.47. The SMILES string of the molecule is CC[N+](CC)(CC)Cc1ccc(CCN=[N+]=N)cc1. The zero-order valence-corrected chi connectivity index (χ0v) is 12.4. The first-order valence-corrected chi connectivity index (χ1v) is 7.15. The van der Waals surface area contributed by atoms with Crippen molar-refractivity contribution in [1.82, 2.24) is 4.91 Å². The van der Waals surface area contributed by atoms with Gasteiger partial charge in [-0.3, -0.25) is 0 Å². The van der Waals surface area contributed by atoms with Crippen LogP contribution in [0.4, 0.5) is 0 Å². The molecule has 0 amide bonds. The van der Waals surface area contributed by atoms with E-state index in [1.54, 1.807) is 0 Å². The second-order valence-corrected chi connectivity index (χ2v) is 4.98. The number of benzene rings is 1. The summed E-state index contributed by atoms with van der Waals surface area (Å²) in [5.74, 6) is 0. The van der Waals surface area contributed by atoms with Gasteiger partial charge in [0.25, 0.3) is 0 Å². The third-order valence-electron chi connectivity index (χ3n) is 4.12. The predicted octanol–water partition coefficient (Wildman–Crippen LogP) is 3.16. The minimum absolute atomic E-state index is 0.599. The van der Waals surface area contributed by atoms with Gasteiger partial charge in [-0.2, -0.15) is 0 Å². The van der Waals surface area contributed by atoms with Crippen LogP contribution in [0, 0.1) is 5.53 Å². The van der Waals surface area contributed by atoms with Crippen LogP contribution in [0.25, 0.3) is 0 Å². The fourth-order valence-corrected chi connectivity index (χ4v) is 2.43. The molecule has 0 saturated heterocycles. The maximum atomic E-state index is 6.62. The van der Waals surface area contributed by atoms with Crippen LogP contribution in [-0.2, 0) is 13.0 Å². The summed E-state index contributed by atoms with van der Waals surface area (Å²) in [5.41, 5.74) is 9.28. The fourth-order valence-electron chi connectivity index (χ4n) is 2.43. The summed E-state index contributed by atoms with van der Waals surface area (Å²) >= 11 is 0. The summed E-state index contributed by atoms with van der Waals surface area (Å²) in [6, 6.07) is 8.79. The molecule has 0 fully saturated rings. The first kappa shape index (κ1) is 15.5. The molecule has 1 aromatic carbocycles. The first-order chi connectivity index (χ1) is 9.19. The number of hydrogen-bond donors (Lipinski definition) is 1. The summed E-state index contributed by atoms with van der Waals surface area (Å²) < 4.78 is 1.15. The molecule has 4 nitrogen and oxygen atoms in total. The van der Waals surface area contributed by atoms with E-state index in [0.29, 0.717) is 6.54 Å². The average molecular weight is 262 g/mol. The molecule has 104 valence electrons. The van der Waals surface area contributed by atoms with Gasteiger partial charge in [-0.25, -0.2) is 0 Å². The van der Waals surface area contributed by atoms with Gasteiger partial charge in [-0.1, -0.05) is 24.3 Å². The Bertz CT molecular complexity index is 406. The van der Waals surface area contributed by atoms with Gasteiger partial charge in [-0.05, 0) is 32.8 Å². The molecular weight excluding hydrogens is 236 g/mol. The molecule has 1 rings (SSSR count). The molecule has 0 radical (unpaired) electrons. The van der Waals surface area contributed by atoms with Gasteiger partial charge in [0.05, 0.1) is 19.6 Å². The van der Waals surface area contributed by atoms with E-state index in [0.717, 1.165) is 17.4 Å². The maximum absolute atomic E-state index is 6.62. The Morgan fingerprint density at radius 3 is 2.00 bits per heavy atom. The highest BCUT2D eigenvalue weighted by Crippen LogP contribution is 2.15. The van der Waals surface area contributed by atoms with Crippen LogP contribution in [0.5, 0.6) is 0 Å². The van der Waals surface area contributed by atoms with Crippen LogP contribution in [0.1, 0.15) is 31.9 Å². The van der Waals surface area contributed by atoms with Gasteiger partial charge < -0.3 is 4.48 Å². The van der Waals surface area contributed by atoms with E-state index in [-0.39, 0.29) is 0 Å². The highest BCUT2D eigenvalue weighted by molar-refractivity contribution is 5.22. The Hall–Kier alpha value is -1.51. The second kappa shape index (κ2) is 7.82. The predicted molar refractivity (Wildman–Crippen MR) is 77.9 cm³/mol. The number of hydrogen-bond acceptors (Lipinski definition) is 2. The lowest BCUT2D eigenvalue weighted by atomic mass is 10.1. The molecule has 0 aliphatic carbocycles. The van der Waals surface area contributed by atoms with Gasteiger partial charge in [0.1, 0.15) is 23.7 Å². The molecule has 0 bridgehead atoms. The van der Waals surface area contributed by atoms with Crippen molar-refractivity contribution in [3.63, 3.8) is 0 Å². The highest BCUT2D eigenvalue weighted by Gasteiger charge is 2.20. The van der Waals surface area contributed by atoms with E-state index in [9.17, 15) is 0 Å². The Kier molecular flexibility index (Phi) is 6.40. The largest absolute Gasteiger partial charge is 0.321 e. The highest BCUT2D eigenvalue weighted by atomic mass is 15.3. The molecule has 1 aromatic rings. The van der Waals surface area contributed by atoms with Gasteiger partial charge in [0, 0.05) is 5.56 Å². The molecule has 19 heavy (non-hydrogen) atoms. The van der Waals surface area contributed by atoms with Crippen molar-refractivity contribution in [2.45, 2.75) is 33.7 Å². The van der Waals surface area contributed by atoms with Gasteiger partial charge in [0.15, 0.2) is 0 Å². The van der Waals surface area contributed by atoms with Crippen molar-refractivity contribution in [2.24, 2.45) is 5.11 Å². The summed E-state index contributed by atoms with van der Waals surface area (Å²) in [7, 11) is 0. The van der Waals surface area contributed by atoms with Crippen LogP contribution < -0.4 is 4.91 Å². The zero-order valence-electron chi connectivity index (χ0n) is 12.4. The molecular formula is C15H26N4+2. The maximum Gasteiger partial charge on any atom is 0.214 e. The Morgan fingerprint density at radius 1 is 1.00 bits per heavy atom. The lowest BCUT2D eigenvalue weighted by Crippen LogP contribution is -2.46. The first-order valence-electron chi connectivity index (χ1n) is 7.15. The van der Waals surface area contributed by atoms with Gasteiger partial charge >= 0.3 is 0 Å². The Morgan fingerprint density at radius 2 is 1.53 bits per heavy atom. The third kappa shape index (κ3) is 4.58. The van der Waals surface area contributed by atoms with E-state index in [4.69, 9.17) is 5.53 Å². The second-order valence-electron chi connectivity index (χ2n) is 4.98. The van der Waals surface area contributed by atoms with E-state index >= 15 is 0 Å². The van der Waals surface area contributed by atoms with Crippen LogP contribution >= 0.6 is 0 Å². The van der Waals surface area contributed by atoms with Crippen molar-refractivity contribution in [3.8, 4) is 0 Å². The Labute approximate surface area is 116 Å². The summed E-state index contributed by atoms with van der Waals surface area (Å²) in [6.45, 7) is 12.1. The minimum Gasteiger partial charge on any atom is -0.321 e. The fraction of sp³-hybridized carbons (Fsp3) is 0.600. The molecule has 0 aromatic heterocycles. The smallest absolute Gasteiger partial charge is 0.214 e. The molecule has 0 atom stereocenters. The molecule has 0 spiro atoms. The quantitative estimate of drug-likeness (QED) is 0.425. The van der Waals surface area contributed by atoms with E-state index < -0.39 is 0 Å². The van der Waals surface area contributed by atoms with Crippen molar-refractivity contribution in [3.05, 3.63) is 35.4 Å². The number of nitrogens with one attached hydrogen (secondary N) is 1. The minimum atomic E-state index is 0.599. The van der Waals surface area contributed by atoms with Crippen molar-refractivity contribution < 1.29 is 4.48 Å². The van der Waals surface area contributed by atoms with Crippen molar-refractivity contribution in [2.75, 3.05) is 26.2 Å². The van der Waals surface area contributed by atoms with Crippen LogP contribution in [0.15, 0.2) is 29.4 Å². The van der Waals surface area contributed by atoms with E-state index in [1.165, 1.54) is 30.8 Å². The topological polar surface area (TPSA) is 50.3 Å². The van der Waals surface area contributed by atoms with Crippen LogP contribution in [0.2, 0.25) is 0 Å². The molecule has 0 heterocycles. The van der Waals surface area contributed by atoms with E-state index in [2.05, 4.69) is 55.1 Å². The van der Waals surface area contributed by atoms with E-state index in [1.807, 2.05) is 0 Å². The number of nitrogens with zero attached hydrogens (tertiary/aromatic N) is 3. The standard InChI is InChI=1S/C15H26N4/c1-4-19(5-2,6-3)13-15-9-7-14(8-10-15)11-12-17-18-16/h7-10,16H,4-6,11-13H2,1-3H3/q+2. The summed E-state index contributed by atoms with van der Waals surface area (Å²) in [4.78, 5) is 3.02. The zero-order chi connectivity index (χ0) is 14.1. The summed E-state index contributed by atoms with van der Waals surface area (Å²) in [6.07, 6.45) is 0.859. The molecule has 0 aliphatic heterocycles. The molecule has 0 aliphatic rings. The van der Waals surface area contributed by atoms with Crippen LogP contribution in [-0.4, -0.2) is 30.7 Å². The lowest BCUT2D eigenvalue weighted by Gasteiger charge is -2.35. The molecule has 1 N–H and O–H groups in total. The summed E-state index contributed by atoms with van der Waals surface area (Å²) in [5, 5.41) is 3.68. The lowest BCUT2D eigenvalue weighted by molar-refractivity contribution is -0.936. The van der Waals surface area contributed by atoms with Crippen molar-refractivity contribution in [1.29, 1.82) is 5.53 Å². The third-order valence-corrected chi connectivity index (χ3v) is 4.12. The molecule has 4 heteroatoms. The Balaban J connectivity index is 2.67. The molecule has 0 saturated carbocycles. The van der Waals surface area contributed by atoms with Gasteiger partial charge in [0.2, 0.25) is 4.91 Å². The van der Waals surface area contributed by atoms with Gasteiger partial charge in [-0.15, -0.1) is 0 Å². The number of rotatable bonds is 8. The molecule has 0 unspecified atom stereocenters. The monoisotopic (exact) mass is 262 g/mol. The number of quaternary nitrogens is 1. The van der Waals surface area contributed by atoms with Crippen LogP contribution in [0.3, 0.4) is 0 Å². The normalized spacial score (nSPS) is 11.1. The van der Waals surface area contributed by atoms with Crippen molar-refractivity contribution >= 4 is 0 Å².